The van der Waals surface area contributed by atoms with Gasteiger partial charge in [-0.15, -0.1) is 0 Å². The number of hydrogen-bond donors (Lipinski definition) is 2. The summed E-state index contributed by atoms with van der Waals surface area (Å²) in [4.78, 5) is 13.7. The first-order chi connectivity index (χ1) is 10.2. The van der Waals surface area contributed by atoms with Crippen molar-refractivity contribution in [3.63, 3.8) is 0 Å². The maximum atomic E-state index is 11.5. The smallest absolute Gasteiger partial charge is 0.407 e. The van der Waals surface area contributed by atoms with Gasteiger partial charge < -0.3 is 25.0 Å². The first-order valence-electron chi connectivity index (χ1n) is 8.01. The average molecular weight is 317 g/mol. The summed E-state index contributed by atoms with van der Waals surface area (Å²) in [7, 11) is 5.86. The third-order valence-corrected chi connectivity index (χ3v) is 3.35. The molecular formula is C16H35N3O3. The molecule has 132 valence electrons. The zero-order valence-electron chi connectivity index (χ0n) is 15.4. The average Bonchev–Trinajstić information content (AvgIpc) is 2.38. The van der Waals surface area contributed by atoms with Crippen molar-refractivity contribution in [2.75, 3.05) is 40.9 Å². The van der Waals surface area contributed by atoms with Gasteiger partial charge in [-0.3, -0.25) is 0 Å². The van der Waals surface area contributed by atoms with Crippen LogP contribution < -0.4 is 10.6 Å². The zero-order chi connectivity index (χ0) is 17.2. The Kier molecular flexibility index (Phi) is 10.4. The van der Waals surface area contributed by atoms with Gasteiger partial charge in [-0.05, 0) is 54.6 Å². The molecule has 0 aliphatic carbocycles. The van der Waals surface area contributed by atoms with E-state index < -0.39 is 5.60 Å². The molecule has 0 aromatic heterocycles. The molecule has 6 heteroatoms. The Morgan fingerprint density at radius 2 is 1.91 bits per heavy atom. The number of alkyl carbamates (subject to hydrolysis) is 1. The highest BCUT2D eigenvalue weighted by Gasteiger charge is 2.16. The van der Waals surface area contributed by atoms with Crippen LogP contribution in [0.2, 0.25) is 0 Å². The molecule has 2 unspecified atom stereocenters. The molecule has 0 aliphatic heterocycles. The van der Waals surface area contributed by atoms with E-state index in [9.17, 15) is 4.79 Å². The van der Waals surface area contributed by atoms with Crippen molar-refractivity contribution in [3.8, 4) is 0 Å². The number of nitrogens with one attached hydrogen (secondary N) is 2. The van der Waals surface area contributed by atoms with Crippen molar-refractivity contribution in [2.45, 2.75) is 58.2 Å². The Morgan fingerprint density at radius 1 is 1.27 bits per heavy atom. The van der Waals surface area contributed by atoms with Crippen molar-refractivity contribution in [2.24, 2.45) is 0 Å². The molecule has 6 nitrogen and oxygen atoms in total. The number of rotatable bonds is 10. The molecule has 0 saturated carbocycles. The van der Waals surface area contributed by atoms with Crippen LogP contribution in [0.4, 0.5) is 4.79 Å². The molecular weight excluding hydrogens is 282 g/mol. The monoisotopic (exact) mass is 317 g/mol. The minimum Gasteiger partial charge on any atom is -0.444 e. The molecule has 0 spiro atoms. The van der Waals surface area contributed by atoms with Gasteiger partial charge in [-0.1, -0.05) is 0 Å². The standard InChI is InChI=1S/C16H35N3O3/c1-13(19(5)6)11-18-14(12-21-7)9-8-10-17-15(20)22-16(2,3)4/h13-14,18H,8-12H2,1-7H3,(H,17,20). The van der Waals surface area contributed by atoms with Gasteiger partial charge in [0.2, 0.25) is 0 Å². The van der Waals surface area contributed by atoms with E-state index in [0.29, 0.717) is 25.2 Å². The fraction of sp³-hybridized carbons (Fsp3) is 0.938. The summed E-state index contributed by atoms with van der Waals surface area (Å²) in [6.45, 7) is 9.96. The van der Waals surface area contributed by atoms with E-state index in [0.717, 1.165) is 19.4 Å². The summed E-state index contributed by atoms with van der Waals surface area (Å²) in [5, 5.41) is 6.30. The first-order valence-corrected chi connectivity index (χ1v) is 8.01. The van der Waals surface area contributed by atoms with Crippen LogP contribution >= 0.6 is 0 Å². The topological polar surface area (TPSA) is 62.8 Å². The second-order valence-electron chi connectivity index (χ2n) is 6.94. The van der Waals surface area contributed by atoms with Crippen molar-refractivity contribution in [1.82, 2.24) is 15.5 Å². The van der Waals surface area contributed by atoms with E-state index in [1.54, 1.807) is 7.11 Å². The van der Waals surface area contributed by atoms with Gasteiger partial charge in [0.05, 0.1) is 6.61 Å². The molecule has 0 bridgehead atoms. The Morgan fingerprint density at radius 3 is 2.41 bits per heavy atom. The predicted octanol–water partition coefficient (Wildman–Crippen LogP) is 1.85. The number of nitrogens with zero attached hydrogens (tertiary/aromatic N) is 1. The Balaban J connectivity index is 3.93. The third kappa shape index (κ3) is 11.8. The van der Waals surface area contributed by atoms with Crippen molar-refractivity contribution in [3.05, 3.63) is 0 Å². The second-order valence-corrected chi connectivity index (χ2v) is 6.94. The predicted molar refractivity (Wildman–Crippen MR) is 90.3 cm³/mol. The molecule has 0 aliphatic rings. The summed E-state index contributed by atoms with van der Waals surface area (Å²) < 4.78 is 10.5. The summed E-state index contributed by atoms with van der Waals surface area (Å²) in [5.41, 5.74) is -0.452. The quantitative estimate of drug-likeness (QED) is 0.602. The number of carbonyl (C=O) groups excluding carboxylic acids is 1. The van der Waals surface area contributed by atoms with Gasteiger partial charge in [0.1, 0.15) is 5.60 Å². The number of hydrogen-bond acceptors (Lipinski definition) is 5. The summed E-state index contributed by atoms with van der Waals surface area (Å²) in [6, 6.07) is 0.770. The normalized spacial score (nSPS) is 14.7. The lowest BCUT2D eigenvalue weighted by molar-refractivity contribution is 0.0526. The fourth-order valence-corrected chi connectivity index (χ4v) is 1.82. The highest BCUT2D eigenvalue weighted by molar-refractivity contribution is 5.67. The largest absolute Gasteiger partial charge is 0.444 e. The van der Waals surface area contributed by atoms with Crippen molar-refractivity contribution in [1.29, 1.82) is 0 Å². The number of methoxy groups -OCH3 is 1. The van der Waals surface area contributed by atoms with Crippen LogP contribution in [0.25, 0.3) is 0 Å². The molecule has 0 radical (unpaired) electrons. The van der Waals surface area contributed by atoms with Crippen LogP contribution in [0, 0.1) is 0 Å². The Bertz CT molecular complexity index is 304. The minimum atomic E-state index is -0.452. The van der Waals surface area contributed by atoms with Gasteiger partial charge in [-0.2, -0.15) is 0 Å². The van der Waals surface area contributed by atoms with Crippen LogP contribution in [0.3, 0.4) is 0 Å². The number of carbonyl (C=O) groups is 1. The van der Waals surface area contributed by atoms with Crippen LogP contribution in [0.1, 0.15) is 40.5 Å². The second kappa shape index (κ2) is 10.8. The lowest BCUT2D eigenvalue weighted by atomic mass is 10.1. The van der Waals surface area contributed by atoms with Gasteiger partial charge in [0.25, 0.3) is 0 Å². The molecule has 0 saturated heterocycles. The van der Waals surface area contributed by atoms with E-state index in [1.165, 1.54) is 0 Å². The number of amides is 1. The van der Waals surface area contributed by atoms with E-state index >= 15 is 0 Å². The molecule has 2 N–H and O–H groups in total. The molecule has 0 aromatic carbocycles. The van der Waals surface area contributed by atoms with Crippen molar-refractivity contribution < 1.29 is 14.3 Å². The lowest BCUT2D eigenvalue weighted by Crippen LogP contribution is -2.42. The SMILES string of the molecule is COCC(CCCNC(=O)OC(C)(C)C)NCC(C)N(C)C. The van der Waals surface area contributed by atoms with Gasteiger partial charge >= 0.3 is 6.09 Å². The highest BCUT2D eigenvalue weighted by atomic mass is 16.6. The van der Waals surface area contributed by atoms with E-state index in [1.807, 2.05) is 20.8 Å². The molecule has 0 aromatic rings. The molecule has 0 rings (SSSR count). The van der Waals surface area contributed by atoms with Gasteiger partial charge in [-0.25, -0.2) is 4.79 Å². The third-order valence-electron chi connectivity index (χ3n) is 3.35. The zero-order valence-corrected chi connectivity index (χ0v) is 15.4. The summed E-state index contributed by atoms with van der Waals surface area (Å²) in [6.07, 6.45) is 1.48. The summed E-state index contributed by atoms with van der Waals surface area (Å²) >= 11 is 0. The molecule has 1 amide bonds. The fourth-order valence-electron chi connectivity index (χ4n) is 1.82. The molecule has 0 fully saturated rings. The van der Waals surface area contributed by atoms with Gasteiger partial charge in [0.15, 0.2) is 0 Å². The highest BCUT2D eigenvalue weighted by Crippen LogP contribution is 2.06. The number of likely N-dealkylation sites (N-methyl/N-ethyl adjacent to an activating group) is 1. The lowest BCUT2D eigenvalue weighted by Gasteiger charge is -2.24. The van der Waals surface area contributed by atoms with Crippen LogP contribution in [0.15, 0.2) is 0 Å². The van der Waals surface area contributed by atoms with Crippen LogP contribution in [-0.2, 0) is 9.47 Å². The van der Waals surface area contributed by atoms with Gasteiger partial charge in [0, 0.05) is 32.3 Å². The Labute approximate surface area is 135 Å². The van der Waals surface area contributed by atoms with E-state index in [-0.39, 0.29) is 6.09 Å². The van der Waals surface area contributed by atoms with Crippen LogP contribution in [-0.4, -0.2) is 69.6 Å². The maximum absolute atomic E-state index is 11.5. The number of ether oxygens (including phenoxy) is 2. The Hall–Kier alpha value is -0.850. The summed E-state index contributed by atoms with van der Waals surface area (Å²) in [5.74, 6) is 0. The van der Waals surface area contributed by atoms with Crippen LogP contribution in [0.5, 0.6) is 0 Å². The minimum absolute atomic E-state index is 0.299. The molecule has 22 heavy (non-hydrogen) atoms. The molecule has 0 heterocycles. The van der Waals surface area contributed by atoms with Crippen molar-refractivity contribution >= 4 is 6.09 Å². The molecule has 2 atom stereocenters. The maximum Gasteiger partial charge on any atom is 0.407 e. The van der Waals surface area contributed by atoms with E-state index in [2.05, 4.69) is 36.6 Å². The first kappa shape index (κ1) is 21.1. The van der Waals surface area contributed by atoms with E-state index in [4.69, 9.17) is 9.47 Å².